The zero-order valence-corrected chi connectivity index (χ0v) is 9.88. The number of carbonyl (C=O) groups is 1. The summed E-state index contributed by atoms with van der Waals surface area (Å²) >= 11 is 0. The summed E-state index contributed by atoms with van der Waals surface area (Å²) in [5, 5.41) is 0. The van der Waals surface area contributed by atoms with Crippen LogP contribution in [0.2, 0.25) is 0 Å². The van der Waals surface area contributed by atoms with Crippen LogP contribution in [-0.4, -0.2) is 30.2 Å². The van der Waals surface area contributed by atoms with Crippen LogP contribution in [0.1, 0.15) is 47.0 Å². The second-order valence-corrected chi connectivity index (χ2v) is 3.48. The van der Waals surface area contributed by atoms with E-state index in [1.807, 2.05) is 13.8 Å². The molecule has 0 N–H and O–H groups in total. The Bertz CT molecular complexity index is 153. The van der Waals surface area contributed by atoms with Gasteiger partial charge in [-0.05, 0) is 19.8 Å². The fourth-order valence-corrected chi connectivity index (χ4v) is 1.40. The topological polar surface area (TPSA) is 29.5 Å². The monoisotopic (exact) mass is 201 g/mol. The third-order valence-corrected chi connectivity index (χ3v) is 2.13. The van der Waals surface area contributed by atoms with Crippen molar-refractivity contribution in [3.05, 3.63) is 0 Å². The molecule has 0 amide bonds. The molecule has 0 aromatic rings. The summed E-state index contributed by atoms with van der Waals surface area (Å²) < 4.78 is 5.25. The van der Waals surface area contributed by atoms with Crippen LogP contribution in [0.15, 0.2) is 0 Å². The smallest absolute Gasteiger partial charge is 0.307 e. The van der Waals surface area contributed by atoms with Crippen molar-refractivity contribution in [1.29, 1.82) is 0 Å². The molecule has 0 saturated heterocycles. The predicted molar refractivity (Wildman–Crippen MR) is 58.0 cm³/mol. The van der Waals surface area contributed by atoms with E-state index in [1.54, 1.807) is 0 Å². The van der Waals surface area contributed by atoms with E-state index < -0.39 is 0 Å². The largest absolute Gasteiger partial charge is 0.447 e. The lowest BCUT2D eigenvalue weighted by atomic mass is 10.3. The molecule has 3 heteroatoms. The Labute approximate surface area is 87.4 Å². The van der Waals surface area contributed by atoms with E-state index >= 15 is 0 Å². The van der Waals surface area contributed by atoms with Crippen molar-refractivity contribution in [1.82, 2.24) is 4.90 Å². The molecular weight excluding hydrogens is 178 g/mol. The van der Waals surface area contributed by atoms with Crippen molar-refractivity contribution in [2.75, 3.05) is 13.1 Å². The standard InChI is InChI=1S/C11H23NO2/c1-5-8-12(9-6-2)10(4)14-11(13)7-3/h10H,5-9H2,1-4H3. The Morgan fingerprint density at radius 3 is 2.07 bits per heavy atom. The van der Waals surface area contributed by atoms with Crippen LogP contribution in [0.3, 0.4) is 0 Å². The van der Waals surface area contributed by atoms with Gasteiger partial charge in [-0.2, -0.15) is 0 Å². The van der Waals surface area contributed by atoms with E-state index in [-0.39, 0.29) is 12.2 Å². The Balaban J connectivity index is 3.99. The molecule has 0 aromatic carbocycles. The van der Waals surface area contributed by atoms with E-state index in [4.69, 9.17) is 4.74 Å². The highest BCUT2D eigenvalue weighted by Crippen LogP contribution is 2.04. The summed E-state index contributed by atoms with van der Waals surface area (Å²) in [5.74, 6) is -0.116. The number of hydrogen-bond donors (Lipinski definition) is 0. The highest BCUT2D eigenvalue weighted by molar-refractivity contribution is 5.68. The van der Waals surface area contributed by atoms with Crippen molar-refractivity contribution in [3.63, 3.8) is 0 Å². The van der Waals surface area contributed by atoms with Crippen LogP contribution >= 0.6 is 0 Å². The van der Waals surface area contributed by atoms with Gasteiger partial charge >= 0.3 is 5.97 Å². The first-order valence-electron chi connectivity index (χ1n) is 5.59. The number of esters is 1. The van der Waals surface area contributed by atoms with Gasteiger partial charge in [-0.25, -0.2) is 0 Å². The Hall–Kier alpha value is -0.570. The summed E-state index contributed by atoms with van der Waals surface area (Å²) in [6.07, 6.45) is 2.56. The maximum Gasteiger partial charge on any atom is 0.307 e. The molecule has 0 bridgehead atoms. The molecule has 14 heavy (non-hydrogen) atoms. The zero-order chi connectivity index (χ0) is 11.0. The van der Waals surface area contributed by atoms with Crippen molar-refractivity contribution >= 4 is 5.97 Å². The van der Waals surface area contributed by atoms with Gasteiger partial charge in [0.25, 0.3) is 0 Å². The van der Waals surface area contributed by atoms with Crippen molar-refractivity contribution < 1.29 is 9.53 Å². The zero-order valence-electron chi connectivity index (χ0n) is 9.88. The van der Waals surface area contributed by atoms with E-state index in [9.17, 15) is 4.79 Å². The fourth-order valence-electron chi connectivity index (χ4n) is 1.40. The number of carbonyl (C=O) groups excluding carboxylic acids is 1. The van der Waals surface area contributed by atoms with Gasteiger partial charge in [0.05, 0.1) is 0 Å². The second kappa shape index (κ2) is 7.80. The summed E-state index contributed by atoms with van der Waals surface area (Å²) in [5.41, 5.74) is 0. The molecule has 0 aromatic heterocycles. The molecule has 0 aliphatic carbocycles. The number of hydrogen-bond acceptors (Lipinski definition) is 3. The highest BCUT2D eigenvalue weighted by atomic mass is 16.6. The molecule has 0 heterocycles. The number of ether oxygens (including phenoxy) is 1. The van der Waals surface area contributed by atoms with Gasteiger partial charge in [-0.1, -0.05) is 20.8 Å². The average Bonchev–Trinajstić information content (AvgIpc) is 2.17. The predicted octanol–water partition coefficient (Wildman–Crippen LogP) is 2.41. The first-order chi connectivity index (χ1) is 6.65. The van der Waals surface area contributed by atoms with Crippen LogP contribution in [0.25, 0.3) is 0 Å². The third-order valence-electron chi connectivity index (χ3n) is 2.13. The molecule has 0 aliphatic rings. The molecule has 0 spiro atoms. The molecule has 0 saturated carbocycles. The summed E-state index contributed by atoms with van der Waals surface area (Å²) in [6.45, 7) is 10.0. The van der Waals surface area contributed by atoms with Crippen LogP contribution in [0.5, 0.6) is 0 Å². The normalized spacial score (nSPS) is 12.9. The molecule has 0 fully saturated rings. The molecule has 84 valence electrons. The van der Waals surface area contributed by atoms with Crippen LogP contribution in [-0.2, 0) is 9.53 Å². The second-order valence-electron chi connectivity index (χ2n) is 3.48. The maximum absolute atomic E-state index is 11.1. The third kappa shape index (κ3) is 5.22. The SMILES string of the molecule is CCCN(CCC)C(C)OC(=O)CC. The molecule has 0 aliphatic heterocycles. The minimum absolute atomic E-state index is 0.0812. The van der Waals surface area contributed by atoms with E-state index in [0.717, 1.165) is 25.9 Å². The number of rotatable bonds is 7. The Morgan fingerprint density at radius 2 is 1.71 bits per heavy atom. The van der Waals surface area contributed by atoms with Gasteiger partial charge in [0.1, 0.15) is 0 Å². The van der Waals surface area contributed by atoms with Gasteiger partial charge < -0.3 is 4.74 Å². The minimum Gasteiger partial charge on any atom is -0.447 e. The van der Waals surface area contributed by atoms with Crippen LogP contribution < -0.4 is 0 Å². The van der Waals surface area contributed by atoms with Crippen LogP contribution in [0, 0.1) is 0 Å². The molecule has 0 rings (SSSR count). The lowest BCUT2D eigenvalue weighted by molar-refractivity contribution is -0.157. The lowest BCUT2D eigenvalue weighted by Crippen LogP contribution is -2.37. The lowest BCUT2D eigenvalue weighted by Gasteiger charge is -2.27. The van der Waals surface area contributed by atoms with Crippen molar-refractivity contribution in [2.24, 2.45) is 0 Å². The Kier molecular flexibility index (Phi) is 7.48. The molecule has 3 nitrogen and oxygen atoms in total. The van der Waals surface area contributed by atoms with Gasteiger partial charge in [0, 0.05) is 19.5 Å². The summed E-state index contributed by atoms with van der Waals surface area (Å²) in [4.78, 5) is 13.3. The minimum atomic E-state index is -0.116. The molecule has 0 radical (unpaired) electrons. The summed E-state index contributed by atoms with van der Waals surface area (Å²) in [7, 11) is 0. The quantitative estimate of drug-likeness (QED) is 0.468. The highest BCUT2D eigenvalue weighted by Gasteiger charge is 2.14. The first-order valence-corrected chi connectivity index (χ1v) is 5.59. The van der Waals surface area contributed by atoms with Crippen molar-refractivity contribution in [2.45, 2.75) is 53.2 Å². The average molecular weight is 201 g/mol. The fraction of sp³-hybridized carbons (Fsp3) is 0.909. The Morgan fingerprint density at radius 1 is 1.21 bits per heavy atom. The van der Waals surface area contributed by atoms with E-state index in [0.29, 0.717) is 6.42 Å². The van der Waals surface area contributed by atoms with Gasteiger partial charge in [-0.3, -0.25) is 9.69 Å². The maximum atomic E-state index is 11.1. The van der Waals surface area contributed by atoms with E-state index in [1.165, 1.54) is 0 Å². The van der Waals surface area contributed by atoms with Gasteiger partial charge in [0.15, 0.2) is 6.23 Å². The van der Waals surface area contributed by atoms with Gasteiger partial charge in [-0.15, -0.1) is 0 Å². The van der Waals surface area contributed by atoms with Gasteiger partial charge in [0.2, 0.25) is 0 Å². The number of nitrogens with zero attached hydrogens (tertiary/aromatic N) is 1. The molecular formula is C11H23NO2. The van der Waals surface area contributed by atoms with Crippen molar-refractivity contribution in [3.8, 4) is 0 Å². The first kappa shape index (κ1) is 13.4. The molecule has 1 unspecified atom stereocenters. The summed E-state index contributed by atoms with van der Waals surface area (Å²) in [6, 6.07) is 0. The van der Waals surface area contributed by atoms with E-state index in [2.05, 4.69) is 18.7 Å². The van der Waals surface area contributed by atoms with Crippen LogP contribution in [0.4, 0.5) is 0 Å². The molecule has 1 atom stereocenters.